The van der Waals surface area contributed by atoms with E-state index in [4.69, 9.17) is 0 Å². The van der Waals surface area contributed by atoms with Gasteiger partial charge in [0.05, 0.1) is 0 Å². The number of hydrogen-bond acceptors (Lipinski definition) is 4. The first-order chi connectivity index (χ1) is 9.59. The van der Waals surface area contributed by atoms with Gasteiger partial charge in [0.1, 0.15) is 0 Å². The number of rotatable bonds is 3. The van der Waals surface area contributed by atoms with Crippen LogP contribution in [0.4, 0.5) is 0 Å². The zero-order valence-corrected chi connectivity index (χ0v) is 12.4. The molecular formula is C12H15N3O3S2. The Bertz CT molecular complexity index is 668. The fraction of sp³-hybridized carbons (Fsp3) is 0.417. The number of piperidine rings is 1. The molecule has 0 amide bonds. The maximum absolute atomic E-state index is 12.4. The minimum absolute atomic E-state index is 0.0727. The normalized spacial score (nSPS) is 20.9. The first-order valence-electron chi connectivity index (χ1n) is 6.38. The first-order valence-corrected chi connectivity index (χ1v) is 8.70. The van der Waals surface area contributed by atoms with Crippen LogP contribution in [0.3, 0.4) is 0 Å². The van der Waals surface area contributed by atoms with Gasteiger partial charge in [-0.25, -0.2) is 4.79 Å². The van der Waals surface area contributed by atoms with Crippen LogP contribution in [0.25, 0.3) is 0 Å². The average Bonchev–Trinajstić information content (AvgIpc) is 3.10. The van der Waals surface area contributed by atoms with E-state index >= 15 is 0 Å². The van der Waals surface area contributed by atoms with E-state index in [9.17, 15) is 13.6 Å². The lowest BCUT2D eigenvalue weighted by Crippen LogP contribution is -2.43. The predicted octanol–water partition coefficient (Wildman–Crippen LogP) is 1.48. The third-order valence-corrected chi connectivity index (χ3v) is 6.85. The molecule has 0 radical (unpaired) electrons. The highest BCUT2D eigenvalue weighted by Gasteiger charge is 2.35. The minimum atomic E-state index is -3.36. The van der Waals surface area contributed by atoms with Crippen molar-refractivity contribution in [1.29, 1.82) is 0 Å². The van der Waals surface area contributed by atoms with E-state index in [-0.39, 0.29) is 11.7 Å². The fourth-order valence-corrected chi connectivity index (χ4v) is 5.13. The van der Waals surface area contributed by atoms with Crippen molar-refractivity contribution in [3.63, 3.8) is 0 Å². The average molecular weight is 313 g/mol. The molecular weight excluding hydrogens is 298 g/mol. The van der Waals surface area contributed by atoms with Gasteiger partial charge >= 0.3 is 5.69 Å². The van der Waals surface area contributed by atoms with Crippen LogP contribution in [0.15, 0.2) is 38.9 Å². The largest absolute Gasteiger partial charge is 0.592 e. The molecule has 0 spiro atoms. The molecule has 0 bridgehead atoms. The molecule has 0 aliphatic carbocycles. The molecule has 1 saturated heterocycles. The number of H-pyrrole nitrogens is 1. The van der Waals surface area contributed by atoms with E-state index in [1.807, 2.05) is 0 Å². The molecule has 1 unspecified atom stereocenters. The molecule has 108 valence electrons. The van der Waals surface area contributed by atoms with Crippen LogP contribution in [0.5, 0.6) is 0 Å². The van der Waals surface area contributed by atoms with E-state index in [0.717, 1.165) is 0 Å². The van der Waals surface area contributed by atoms with Gasteiger partial charge in [0.2, 0.25) is 4.21 Å². The zero-order chi connectivity index (χ0) is 14.2. The van der Waals surface area contributed by atoms with Gasteiger partial charge in [0.25, 0.3) is 0 Å². The topological polar surface area (TPSA) is 81.2 Å². The van der Waals surface area contributed by atoms with Crippen LogP contribution in [0.1, 0.15) is 18.9 Å². The standard InChI is InChI=1S/C12H15N3O3S2/c16-12-13-5-8-15(12)10-3-6-14(7-4-10)20(17,18)11-2-1-9-19-11/h1-2,5,8-10H,3-4,6-7H2,(H-,13,16,17,18). The van der Waals surface area contributed by atoms with Crippen molar-refractivity contribution < 1.29 is 8.76 Å². The number of aromatic nitrogens is 2. The van der Waals surface area contributed by atoms with E-state index in [0.29, 0.717) is 30.1 Å². The van der Waals surface area contributed by atoms with E-state index in [2.05, 4.69) is 4.98 Å². The molecule has 20 heavy (non-hydrogen) atoms. The van der Waals surface area contributed by atoms with Crippen LogP contribution in [-0.2, 0) is 14.6 Å². The van der Waals surface area contributed by atoms with Gasteiger partial charge in [-0.05, 0) is 24.3 Å². The summed E-state index contributed by atoms with van der Waals surface area (Å²) in [6.45, 7) is 0.894. The molecule has 1 atom stereocenters. The van der Waals surface area contributed by atoms with Crippen LogP contribution >= 0.6 is 11.3 Å². The molecule has 0 saturated carbocycles. The molecule has 8 heteroatoms. The second kappa shape index (κ2) is 5.28. The number of nitrogens with zero attached hydrogens (tertiary/aromatic N) is 2. The van der Waals surface area contributed by atoms with Gasteiger partial charge < -0.3 is 9.54 Å². The van der Waals surface area contributed by atoms with Crippen LogP contribution in [0, 0.1) is 0 Å². The summed E-state index contributed by atoms with van der Waals surface area (Å²) < 4.78 is 28.3. The summed E-state index contributed by atoms with van der Waals surface area (Å²) in [5.74, 6) is 0. The van der Waals surface area contributed by atoms with Gasteiger partial charge in [-0.3, -0.25) is 4.57 Å². The number of aromatic amines is 1. The molecule has 0 aromatic carbocycles. The highest BCUT2D eigenvalue weighted by molar-refractivity contribution is 7.97. The molecule has 6 nitrogen and oxygen atoms in total. The summed E-state index contributed by atoms with van der Waals surface area (Å²) in [5, 5.41) is 1.76. The number of hydrogen-bond donors (Lipinski definition) is 1. The summed E-state index contributed by atoms with van der Waals surface area (Å²) in [6, 6.07) is 3.44. The zero-order valence-electron chi connectivity index (χ0n) is 10.7. The van der Waals surface area contributed by atoms with Crippen molar-refractivity contribution in [1.82, 2.24) is 13.9 Å². The fourth-order valence-electron chi connectivity index (χ4n) is 2.52. The molecule has 2 aromatic rings. The third kappa shape index (κ3) is 2.39. The van der Waals surface area contributed by atoms with Crippen molar-refractivity contribution in [2.75, 3.05) is 13.1 Å². The van der Waals surface area contributed by atoms with E-state index < -0.39 is 10.4 Å². The Morgan fingerprint density at radius 1 is 1.40 bits per heavy atom. The van der Waals surface area contributed by atoms with Crippen molar-refractivity contribution in [3.8, 4) is 0 Å². The quantitative estimate of drug-likeness (QED) is 0.871. The van der Waals surface area contributed by atoms with Gasteiger partial charge in [0.15, 0.2) is 10.4 Å². The molecule has 1 aliphatic rings. The second-order valence-electron chi connectivity index (χ2n) is 4.74. The summed E-state index contributed by atoms with van der Waals surface area (Å²) in [5.41, 5.74) is -0.135. The number of thiophene rings is 1. The smallest absolute Gasteiger partial charge is 0.325 e. The highest BCUT2D eigenvalue weighted by Crippen LogP contribution is 2.30. The molecule has 2 aromatic heterocycles. The number of imidazole rings is 1. The molecule has 3 heterocycles. The Labute approximate surface area is 121 Å². The summed E-state index contributed by atoms with van der Waals surface area (Å²) in [7, 11) is -3.36. The van der Waals surface area contributed by atoms with E-state index in [1.165, 1.54) is 15.6 Å². The SMILES string of the molecule is O=c1[nH]ccn1C1CCN([S+](=O)([O-])c2cccs2)CC1. The Hall–Kier alpha value is -1.22. The number of nitrogens with one attached hydrogen (secondary N) is 1. The molecule has 1 N–H and O–H groups in total. The van der Waals surface area contributed by atoms with Crippen LogP contribution in [0.2, 0.25) is 0 Å². The summed E-state index contributed by atoms with van der Waals surface area (Å²) in [4.78, 5) is 14.2. The third-order valence-electron chi connectivity index (χ3n) is 3.58. The van der Waals surface area contributed by atoms with Gasteiger partial charge in [-0.1, -0.05) is 15.5 Å². The lowest BCUT2D eigenvalue weighted by atomic mass is 10.1. The lowest BCUT2D eigenvalue weighted by Gasteiger charge is -2.33. The Kier molecular flexibility index (Phi) is 3.63. The first kappa shape index (κ1) is 13.7. The van der Waals surface area contributed by atoms with Crippen molar-refractivity contribution in [2.45, 2.75) is 23.1 Å². The van der Waals surface area contributed by atoms with Crippen molar-refractivity contribution in [3.05, 3.63) is 40.4 Å². The van der Waals surface area contributed by atoms with Gasteiger partial charge in [-0.15, -0.1) is 4.31 Å². The monoisotopic (exact) mass is 313 g/mol. The van der Waals surface area contributed by atoms with Gasteiger partial charge in [-0.2, -0.15) is 0 Å². The van der Waals surface area contributed by atoms with Crippen molar-refractivity contribution in [2.24, 2.45) is 0 Å². The number of sulfonamides is 1. The Morgan fingerprint density at radius 2 is 2.15 bits per heavy atom. The van der Waals surface area contributed by atoms with Crippen molar-refractivity contribution >= 4 is 21.7 Å². The predicted molar refractivity (Wildman–Crippen MR) is 76.3 cm³/mol. The Balaban J connectivity index is 1.72. The highest BCUT2D eigenvalue weighted by atomic mass is 32.3. The summed E-state index contributed by atoms with van der Waals surface area (Å²) in [6.07, 6.45) is 4.64. The van der Waals surface area contributed by atoms with Crippen LogP contribution < -0.4 is 5.69 Å². The lowest BCUT2D eigenvalue weighted by molar-refractivity contribution is 0.254. The van der Waals surface area contributed by atoms with Gasteiger partial charge in [0, 0.05) is 37.6 Å². The maximum atomic E-state index is 12.4. The Morgan fingerprint density at radius 3 is 2.70 bits per heavy atom. The molecule has 1 aliphatic heterocycles. The van der Waals surface area contributed by atoms with E-state index in [1.54, 1.807) is 34.5 Å². The molecule has 1 fully saturated rings. The minimum Gasteiger partial charge on any atom is -0.592 e. The summed E-state index contributed by atoms with van der Waals surface area (Å²) >= 11 is 1.23. The maximum Gasteiger partial charge on any atom is 0.325 e. The molecule has 3 rings (SSSR count). The van der Waals surface area contributed by atoms with Crippen LogP contribution in [-0.4, -0.2) is 31.5 Å². The second-order valence-corrected chi connectivity index (χ2v) is 7.85.